The summed E-state index contributed by atoms with van der Waals surface area (Å²) in [6.07, 6.45) is 1.69. The normalized spacial score (nSPS) is 14.1. The Labute approximate surface area is 80.2 Å². The summed E-state index contributed by atoms with van der Waals surface area (Å²) in [5.41, 5.74) is 1.70. The minimum Gasteiger partial charge on any atom is -0.261 e. The lowest BCUT2D eigenvalue weighted by molar-refractivity contribution is -0.523. The van der Waals surface area contributed by atoms with Crippen molar-refractivity contribution in [3.8, 4) is 0 Å². The number of aromatic nitrogens is 2. The molecule has 0 unspecified atom stereocenters. The van der Waals surface area contributed by atoms with E-state index in [2.05, 4.69) is 10.3 Å². The number of benzene rings is 1. The van der Waals surface area contributed by atoms with Gasteiger partial charge in [-0.25, -0.2) is 9.78 Å². The fourth-order valence-electron chi connectivity index (χ4n) is 1.72. The van der Waals surface area contributed by atoms with Crippen LogP contribution >= 0.6 is 0 Å². The number of hydrogen-bond acceptors (Lipinski definition) is 3. The lowest BCUT2D eigenvalue weighted by Crippen LogP contribution is -2.40. The predicted octanol–water partition coefficient (Wildman–Crippen LogP) is 0.588. The number of nitrogens with zero attached hydrogens (tertiary/aromatic N) is 2. The first kappa shape index (κ1) is 7.44. The van der Waals surface area contributed by atoms with E-state index >= 15 is 0 Å². The van der Waals surface area contributed by atoms with Gasteiger partial charge in [-0.1, -0.05) is 12.1 Å². The summed E-state index contributed by atoms with van der Waals surface area (Å²) >= 11 is 0. The molecule has 1 N–H and O–H groups in total. The molecule has 0 atom stereocenters. The molecule has 1 aliphatic rings. The molecular formula is C10H8N3O+. The highest BCUT2D eigenvalue weighted by Crippen LogP contribution is 2.11. The number of para-hydroxylation sites is 2. The minimum absolute atomic E-state index is 0.0681. The molecule has 2 aromatic rings. The summed E-state index contributed by atoms with van der Waals surface area (Å²) < 4.78 is 1.67. The van der Waals surface area contributed by atoms with Crippen LogP contribution in [0.15, 0.2) is 30.5 Å². The third-order valence-electron chi connectivity index (χ3n) is 2.36. The maximum absolute atomic E-state index is 11.6. The molecule has 14 heavy (non-hydrogen) atoms. The molecule has 0 spiro atoms. The summed E-state index contributed by atoms with van der Waals surface area (Å²) in [6, 6.07) is 7.61. The molecule has 0 bridgehead atoms. The SMILES string of the molecule is O=C1CNc2cnc3ccccc3[n+]21. The zero-order chi connectivity index (χ0) is 9.54. The zero-order valence-corrected chi connectivity index (χ0v) is 7.40. The second kappa shape index (κ2) is 2.51. The maximum atomic E-state index is 11.6. The largest absolute Gasteiger partial charge is 0.356 e. The highest BCUT2D eigenvalue weighted by atomic mass is 16.2. The van der Waals surface area contributed by atoms with Gasteiger partial charge in [0.15, 0.2) is 12.1 Å². The summed E-state index contributed by atoms with van der Waals surface area (Å²) in [4.78, 5) is 15.8. The van der Waals surface area contributed by atoms with Crippen molar-refractivity contribution in [2.75, 3.05) is 11.9 Å². The highest BCUT2D eigenvalue weighted by Gasteiger charge is 2.28. The van der Waals surface area contributed by atoms with Crippen LogP contribution in [0.1, 0.15) is 4.79 Å². The Hall–Kier alpha value is -1.97. The average molecular weight is 186 g/mol. The Morgan fingerprint density at radius 3 is 3.14 bits per heavy atom. The van der Waals surface area contributed by atoms with Crippen molar-refractivity contribution in [2.45, 2.75) is 0 Å². The van der Waals surface area contributed by atoms with Gasteiger partial charge in [0.2, 0.25) is 0 Å². The molecule has 0 saturated heterocycles. The second-order valence-corrected chi connectivity index (χ2v) is 3.21. The van der Waals surface area contributed by atoms with Gasteiger partial charge in [0.05, 0.1) is 0 Å². The standard InChI is InChI=1S/C10H7N3O/c14-10-6-12-9-5-11-7-3-1-2-4-8(7)13(9)10/h1-5H,6H2/p+1. The summed E-state index contributed by atoms with van der Waals surface area (Å²) in [5.74, 6) is 0.840. The van der Waals surface area contributed by atoms with Crippen LogP contribution in [0.5, 0.6) is 0 Å². The van der Waals surface area contributed by atoms with Crippen molar-refractivity contribution >= 4 is 22.8 Å². The van der Waals surface area contributed by atoms with Crippen LogP contribution in [0, 0.1) is 0 Å². The van der Waals surface area contributed by atoms with Crippen LogP contribution < -0.4 is 9.88 Å². The number of nitrogens with one attached hydrogen (secondary N) is 1. The molecule has 0 radical (unpaired) electrons. The number of hydrogen-bond donors (Lipinski definition) is 1. The molecule has 68 valence electrons. The lowest BCUT2D eigenvalue weighted by atomic mass is 10.3. The van der Waals surface area contributed by atoms with Gasteiger partial charge < -0.3 is 0 Å². The Bertz CT molecular complexity index is 536. The van der Waals surface area contributed by atoms with Gasteiger partial charge in [0.25, 0.3) is 0 Å². The van der Waals surface area contributed by atoms with Crippen LogP contribution in [0.25, 0.3) is 11.0 Å². The highest BCUT2D eigenvalue weighted by molar-refractivity contribution is 5.83. The van der Waals surface area contributed by atoms with E-state index in [1.54, 1.807) is 10.8 Å². The molecular weight excluding hydrogens is 178 g/mol. The van der Waals surface area contributed by atoms with Crippen LogP contribution in [-0.4, -0.2) is 17.4 Å². The summed E-state index contributed by atoms with van der Waals surface area (Å²) in [6.45, 7) is 0.357. The van der Waals surface area contributed by atoms with Gasteiger partial charge in [-0.2, -0.15) is 4.57 Å². The van der Waals surface area contributed by atoms with Gasteiger partial charge >= 0.3 is 11.7 Å². The molecule has 0 fully saturated rings. The molecule has 1 aromatic carbocycles. The molecule has 2 heterocycles. The van der Waals surface area contributed by atoms with E-state index in [0.29, 0.717) is 6.54 Å². The van der Waals surface area contributed by atoms with E-state index in [-0.39, 0.29) is 5.91 Å². The quantitative estimate of drug-likeness (QED) is 0.612. The number of fused-ring (bicyclic) bond motifs is 3. The van der Waals surface area contributed by atoms with E-state index in [4.69, 9.17) is 0 Å². The number of carbonyl (C=O) groups is 1. The van der Waals surface area contributed by atoms with Crippen molar-refractivity contribution in [1.29, 1.82) is 0 Å². The van der Waals surface area contributed by atoms with E-state index in [1.165, 1.54) is 0 Å². The lowest BCUT2D eigenvalue weighted by Gasteiger charge is -1.97. The smallest absolute Gasteiger partial charge is 0.261 e. The third-order valence-corrected chi connectivity index (χ3v) is 2.36. The van der Waals surface area contributed by atoms with Gasteiger partial charge in [0.1, 0.15) is 11.7 Å². The van der Waals surface area contributed by atoms with Crippen molar-refractivity contribution in [2.24, 2.45) is 0 Å². The third kappa shape index (κ3) is 0.849. The Morgan fingerprint density at radius 1 is 1.36 bits per heavy atom. The van der Waals surface area contributed by atoms with Gasteiger partial charge in [-0.3, -0.25) is 5.32 Å². The van der Waals surface area contributed by atoms with Crippen molar-refractivity contribution in [1.82, 2.24) is 4.98 Å². The van der Waals surface area contributed by atoms with Crippen molar-refractivity contribution < 1.29 is 9.36 Å². The van der Waals surface area contributed by atoms with Crippen LogP contribution in [0.2, 0.25) is 0 Å². The van der Waals surface area contributed by atoms with Crippen molar-refractivity contribution in [3.05, 3.63) is 30.5 Å². The average Bonchev–Trinajstić information content (AvgIpc) is 2.61. The molecule has 1 aliphatic heterocycles. The molecule has 4 heteroatoms. The van der Waals surface area contributed by atoms with E-state index in [9.17, 15) is 4.79 Å². The molecule has 0 amide bonds. The number of anilines is 1. The summed E-state index contributed by atoms with van der Waals surface area (Å²) in [7, 11) is 0. The Kier molecular flexibility index (Phi) is 1.33. The van der Waals surface area contributed by atoms with Gasteiger partial charge in [0, 0.05) is 0 Å². The first-order valence-electron chi connectivity index (χ1n) is 4.43. The molecule has 0 saturated carbocycles. The Balaban J connectivity index is 2.47. The molecule has 1 aromatic heterocycles. The molecule has 3 rings (SSSR count). The zero-order valence-electron chi connectivity index (χ0n) is 7.40. The number of carbonyl (C=O) groups excluding carboxylic acids is 1. The first-order valence-corrected chi connectivity index (χ1v) is 4.43. The fraction of sp³-hybridized carbons (Fsp3) is 0.100. The second-order valence-electron chi connectivity index (χ2n) is 3.21. The van der Waals surface area contributed by atoms with Crippen LogP contribution in [-0.2, 0) is 0 Å². The first-order chi connectivity index (χ1) is 6.86. The topological polar surface area (TPSA) is 45.9 Å². The monoisotopic (exact) mass is 186 g/mol. The van der Waals surface area contributed by atoms with Gasteiger partial charge in [-0.05, 0) is 12.1 Å². The summed E-state index contributed by atoms with van der Waals surface area (Å²) in [5, 5.41) is 2.99. The Morgan fingerprint density at radius 2 is 2.21 bits per heavy atom. The predicted molar refractivity (Wildman–Crippen MR) is 51.1 cm³/mol. The van der Waals surface area contributed by atoms with E-state index in [0.717, 1.165) is 16.9 Å². The molecule has 0 aliphatic carbocycles. The number of rotatable bonds is 0. The van der Waals surface area contributed by atoms with Crippen LogP contribution in [0.4, 0.5) is 5.82 Å². The van der Waals surface area contributed by atoms with Gasteiger partial charge in [-0.15, -0.1) is 0 Å². The van der Waals surface area contributed by atoms with Crippen molar-refractivity contribution in [3.63, 3.8) is 0 Å². The minimum atomic E-state index is 0.0681. The van der Waals surface area contributed by atoms with Crippen LogP contribution in [0.3, 0.4) is 0 Å². The fourth-order valence-corrected chi connectivity index (χ4v) is 1.72. The van der Waals surface area contributed by atoms with E-state index in [1.807, 2.05) is 24.3 Å². The molecule has 4 nitrogen and oxygen atoms in total. The van der Waals surface area contributed by atoms with E-state index < -0.39 is 0 Å². The maximum Gasteiger partial charge on any atom is 0.356 e.